The summed E-state index contributed by atoms with van der Waals surface area (Å²) in [5.74, 6) is -0.460. The maximum Gasteiger partial charge on any atom is 0.404 e. The number of hydrogen-bond donors (Lipinski definition) is 4. The maximum atomic E-state index is 12.0. The minimum atomic E-state index is -0.897. The molecule has 11 nitrogen and oxygen atoms in total. The molecule has 3 aromatic rings. The first-order valence-electron chi connectivity index (χ1n) is 10.8. The summed E-state index contributed by atoms with van der Waals surface area (Å²) in [6.45, 7) is 6.41. The Kier molecular flexibility index (Phi) is 6.53. The van der Waals surface area contributed by atoms with E-state index in [1.54, 1.807) is 11.3 Å². The lowest BCUT2D eigenvalue weighted by atomic mass is 9.81. The van der Waals surface area contributed by atoms with E-state index in [9.17, 15) is 9.59 Å². The average molecular weight is 486 g/mol. The van der Waals surface area contributed by atoms with Gasteiger partial charge in [0.05, 0.1) is 6.04 Å². The van der Waals surface area contributed by atoms with Gasteiger partial charge in [-0.25, -0.2) is 4.79 Å². The predicted molar refractivity (Wildman–Crippen MR) is 129 cm³/mol. The van der Waals surface area contributed by atoms with E-state index in [2.05, 4.69) is 25.8 Å². The molecule has 6 N–H and O–H groups in total. The third kappa shape index (κ3) is 5.02. The molecule has 34 heavy (non-hydrogen) atoms. The van der Waals surface area contributed by atoms with Crippen molar-refractivity contribution < 1.29 is 19.1 Å². The van der Waals surface area contributed by atoms with Crippen molar-refractivity contribution in [1.29, 1.82) is 0 Å². The molecule has 2 aromatic heterocycles. The van der Waals surface area contributed by atoms with Crippen molar-refractivity contribution in [3.05, 3.63) is 35.3 Å². The molecule has 2 amide bonds. The van der Waals surface area contributed by atoms with Crippen molar-refractivity contribution in [1.82, 2.24) is 15.2 Å². The van der Waals surface area contributed by atoms with Crippen LogP contribution in [-0.4, -0.2) is 52.0 Å². The summed E-state index contributed by atoms with van der Waals surface area (Å²) >= 11 is 1.60. The van der Waals surface area contributed by atoms with Gasteiger partial charge < -0.3 is 31.6 Å². The second kappa shape index (κ2) is 9.39. The number of aromatic nitrogens is 3. The summed E-state index contributed by atoms with van der Waals surface area (Å²) in [5, 5.41) is 17.3. The van der Waals surface area contributed by atoms with Crippen LogP contribution >= 0.6 is 11.3 Å². The number of amides is 2. The lowest BCUT2D eigenvalue weighted by molar-refractivity contribution is -0.127. The number of benzene rings is 1. The molecule has 1 saturated heterocycles. The van der Waals surface area contributed by atoms with Crippen LogP contribution in [-0.2, 0) is 9.47 Å². The molecule has 3 heterocycles. The fourth-order valence-electron chi connectivity index (χ4n) is 4.00. The summed E-state index contributed by atoms with van der Waals surface area (Å²) < 4.78 is 12.4. The first-order chi connectivity index (χ1) is 16.1. The molecule has 1 aliphatic rings. The molecular weight excluding hydrogens is 458 g/mol. The highest BCUT2D eigenvalue weighted by Gasteiger charge is 2.43. The van der Waals surface area contributed by atoms with Crippen molar-refractivity contribution in [3.8, 4) is 0 Å². The summed E-state index contributed by atoms with van der Waals surface area (Å²) in [6, 6.07) is 7.36. The summed E-state index contributed by atoms with van der Waals surface area (Å²) in [6.07, 6.45) is -1.46. The fourth-order valence-corrected chi connectivity index (χ4v) is 4.82. The van der Waals surface area contributed by atoms with E-state index in [-0.39, 0.29) is 28.9 Å². The molecule has 12 heteroatoms. The van der Waals surface area contributed by atoms with E-state index in [1.165, 1.54) is 0 Å². The van der Waals surface area contributed by atoms with Crippen molar-refractivity contribution in [2.24, 2.45) is 16.9 Å². The summed E-state index contributed by atoms with van der Waals surface area (Å²) in [5.41, 5.74) is 11.2. The topological polar surface area (TPSA) is 167 Å². The normalized spacial score (nSPS) is 20.6. The number of primary amides is 2. The zero-order chi connectivity index (χ0) is 24.5. The Morgan fingerprint density at radius 2 is 2.00 bits per heavy atom. The van der Waals surface area contributed by atoms with Crippen LogP contribution in [0.1, 0.15) is 37.7 Å². The van der Waals surface area contributed by atoms with Gasteiger partial charge in [-0.1, -0.05) is 26.8 Å². The molecule has 0 bridgehead atoms. The Bertz CT molecular complexity index is 1210. The number of rotatable bonds is 6. The Labute approximate surface area is 200 Å². The number of carbonyl (C=O) groups is 2. The molecule has 180 valence electrons. The number of thiophene rings is 1. The van der Waals surface area contributed by atoms with Crippen LogP contribution in [0.15, 0.2) is 29.6 Å². The largest absolute Gasteiger partial charge is 0.441 e. The van der Waals surface area contributed by atoms with Gasteiger partial charge in [-0.15, -0.1) is 21.5 Å². The number of fused-ring (bicyclic) bond motifs is 1. The number of anilines is 3. The Hall–Kier alpha value is -3.51. The number of nitrogens with zero attached hydrogens (tertiary/aromatic N) is 3. The van der Waals surface area contributed by atoms with Crippen LogP contribution in [0.2, 0.25) is 0 Å². The average Bonchev–Trinajstić information content (AvgIpc) is 3.24. The first kappa shape index (κ1) is 23.6. The van der Waals surface area contributed by atoms with Gasteiger partial charge >= 0.3 is 6.09 Å². The van der Waals surface area contributed by atoms with Gasteiger partial charge in [-0.2, -0.15) is 4.98 Å². The maximum absolute atomic E-state index is 12.0. The van der Waals surface area contributed by atoms with E-state index >= 15 is 0 Å². The Balaban J connectivity index is 1.65. The van der Waals surface area contributed by atoms with E-state index in [0.29, 0.717) is 13.0 Å². The van der Waals surface area contributed by atoms with Gasteiger partial charge in [0, 0.05) is 22.4 Å². The van der Waals surface area contributed by atoms with Crippen LogP contribution in [0.5, 0.6) is 0 Å². The number of ether oxygens (including phenoxy) is 2. The van der Waals surface area contributed by atoms with Gasteiger partial charge in [-0.3, -0.25) is 4.79 Å². The first-order valence-corrected chi connectivity index (χ1v) is 11.6. The zero-order valence-electron chi connectivity index (χ0n) is 19.1. The minimum Gasteiger partial charge on any atom is -0.441 e. The van der Waals surface area contributed by atoms with Gasteiger partial charge in [0.15, 0.2) is 17.6 Å². The second-order valence-corrected chi connectivity index (χ2v) is 10.0. The molecule has 0 radical (unpaired) electrons. The lowest BCUT2D eigenvalue weighted by Crippen LogP contribution is -2.55. The smallest absolute Gasteiger partial charge is 0.404 e. The monoisotopic (exact) mass is 485 g/mol. The lowest BCUT2D eigenvalue weighted by Gasteiger charge is -2.43. The fraction of sp³-hybridized carbons (Fsp3) is 0.409. The SMILES string of the molecule is CC(C)(C)C1OCCC(Nc2nnc(C(N)=O)c(Nc3cccc4sccc34)n2)C1OC(N)=O. The van der Waals surface area contributed by atoms with E-state index in [4.69, 9.17) is 20.9 Å². The number of hydrogen-bond acceptors (Lipinski definition) is 10. The minimum absolute atomic E-state index is 0.0951. The van der Waals surface area contributed by atoms with Gasteiger partial charge in [0.2, 0.25) is 5.95 Å². The standard InChI is InChI=1S/C22H27N7O4S/c1-22(2,3)17-16(33-20(24)31)13(7-9-32-17)26-21-27-19(15(18(23)30)28-29-21)25-12-5-4-6-14-11(12)8-10-34-14/h4-6,8,10,13,16-17H,7,9H2,1-3H3,(H2,23,30)(H2,24,31)(H2,25,26,27,29). The molecular formula is C22H27N7O4S. The van der Waals surface area contributed by atoms with Crippen LogP contribution in [0.3, 0.4) is 0 Å². The van der Waals surface area contributed by atoms with Crippen LogP contribution < -0.4 is 22.1 Å². The van der Waals surface area contributed by atoms with Crippen molar-refractivity contribution in [2.45, 2.75) is 45.4 Å². The molecule has 0 aliphatic carbocycles. The Morgan fingerprint density at radius 1 is 1.21 bits per heavy atom. The van der Waals surface area contributed by atoms with Gasteiger partial charge in [-0.05, 0) is 35.4 Å². The second-order valence-electron chi connectivity index (χ2n) is 9.06. The highest BCUT2D eigenvalue weighted by atomic mass is 32.1. The number of carbonyl (C=O) groups excluding carboxylic acids is 2. The molecule has 4 rings (SSSR count). The highest BCUT2D eigenvalue weighted by molar-refractivity contribution is 7.17. The van der Waals surface area contributed by atoms with Crippen molar-refractivity contribution in [3.63, 3.8) is 0 Å². The number of nitrogens with two attached hydrogens (primary N) is 2. The van der Waals surface area contributed by atoms with E-state index < -0.39 is 24.2 Å². The molecule has 3 unspecified atom stereocenters. The summed E-state index contributed by atoms with van der Waals surface area (Å²) in [7, 11) is 0. The molecule has 1 aromatic carbocycles. The van der Waals surface area contributed by atoms with Crippen LogP contribution in [0, 0.1) is 5.41 Å². The zero-order valence-corrected chi connectivity index (χ0v) is 19.9. The van der Waals surface area contributed by atoms with E-state index in [1.807, 2.05) is 50.4 Å². The molecule has 0 spiro atoms. The third-order valence-electron chi connectivity index (χ3n) is 5.51. The van der Waals surface area contributed by atoms with Crippen molar-refractivity contribution >= 4 is 50.9 Å². The Morgan fingerprint density at radius 3 is 2.71 bits per heavy atom. The van der Waals surface area contributed by atoms with Crippen molar-refractivity contribution in [2.75, 3.05) is 17.2 Å². The van der Waals surface area contributed by atoms with Gasteiger partial charge in [0.1, 0.15) is 6.10 Å². The third-order valence-corrected chi connectivity index (χ3v) is 6.39. The van der Waals surface area contributed by atoms with Gasteiger partial charge in [0.25, 0.3) is 5.91 Å². The molecule has 1 fully saturated rings. The molecule has 0 saturated carbocycles. The quantitative estimate of drug-likeness (QED) is 0.410. The highest BCUT2D eigenvalue weighted by Crippen LogP contribution is 2.34. The molecule has 1 aliphatic heterocycles. The van der Waals surface area contributed by atoms with E-state index in [0.717, 1.165) is 15.8 Å². The number of nitrogens with one attached hydrogen (secondary N) is 2. The molecule has 3 atom stereocenters. The van der Waals surface area contributed by atoms with Crippen LogP contribution in [0.4, 0.5) is 22.2 Å². The predicted octanol–water partition coefficient (Wildman–Crippen LogP) is 3.01. The summed E-state index contributed by atoms with van der Waals surface area (Å²) in [4.78, 5) is 28.1. The van der Waals surface area contributed by atoms with Crippen LogP contribution in [0.25, 0.3) is 10.1 Å².